The molecule has 0 radical (unpaired) electrons. The Bertz CT molecular complexity index is 668. The van der Waals surface area contributed by atoms with Gasteiger partial charge in [-0.3, -0.25) is 14.3 Å². The lowest BCUT2D eigenvalue weighted by atomic mass is 9.65. The fourth-order valence-electron chi connectivity index (χ4n) is 5.25. The van der Waals surface area contributed by atoms with Crippen LogP contribution in [0.2, 0.25) is 0 Å². The molecule has 3 aliphatic rings. The number of aromatic nitrogens is 2. The van der Waals surface area contributed by atoms with Gasteiger partial charge in [0.1, 0.15) is 6.54 Å². The van der Waals surface area contributed by atoms with E-state index in [-0.39, 0.29) is 30.3 Å². The molecule has 2 bridgehead atoms. The molecule has 7 heteroatoms. The van der Waals surface area contributed by atoms with Crippen LogP contribution in [0, 0.1) is 17.8 Å². The minimum absolute atomic E-state index is 0.0167. The molecule has 4 rings (SSSR count). The molecule has 2 atom stereocenters. The quantitative estimate of drug-likeness (QED) is 0.735. The highest BCUT2D eigenvalue weighted by molar-refractivity contribution is 5.92. The maximum Gasteiger partial charge on any atom is 0.241 e. The summed E-state index contributed by atoms with van der Waals surface area (Å²) in [5, 5.41) is 10.3. The van der Waals surface area contributed by atoms with Crippen LogP contribution in [0.25, 0.3) is 0 Å². The maximum absolute atomic E-state index is 12.7. The van der Waals surface area contributed by atoms with Crippen molar-refractivity contribution in [1.82, 2.24) is 15.1 Å². The number of nitrogens with zero attached hydrogens (tertiary/aromatic N) is 2. The summed E-state index contributed by atoms with van der Waals surface area (Å²) >= 11 is 0. The number of carbonyl (C=O) groups is 2. The molecule has 0 spiro atoms. The average Bonchev–Trinajstić information content (AvgIpc) is 3.26. The zero-order valence-corrected chi connectivity index (χ0v) is 15.9. The Morgan fingerprint density at radius 2 is 1.81 bits per heavy atom. The maximum atomic E-state index is 12.7. The molecule has 1 aromatic rings. The van der Waals surface area contributed by atoms with Gasteiger partial charge in [-0.15, -0.1) is 0 Å². The molecule has 3 aliphatic carbocycles. The summed E-state index contributed by atoms with van der Waals surface area (Å²) in [5.74, 6) is 1.05. The normalized spacial score (nSPS) is 30.9. The SMILES string of the molecule is NC1C2CCCC1CC(C(=O)Nc1cnn(CC(=O)NC3CCCC3)c1)C2. The molecule has 2 unspecified atom stereocenters. The van der Waals surface area contributed by atoms with Gasteiger partial charge in [-0.05, 0) is 50.4 Å². The smallest absolute Gasteiger partial charge is 0.241 e. The van der Waals surface area contributed by atoms with Gasteiger partial charge < -0.3 is 16.4 Å². The predicted octanol–water partition coefficient (Wildman–Crippen LogP) is 2.03. The molecule has 148 valence electrons. The standard InChI is InChI=1S/C20H31N5O2/c21-19-13-4-3-5-14(19)9-15(8-13)20(27)24-17-10-22-25(11-17)12-18(26)23-16-6-1-2-7-16/h10-11,13-16,19H,1-9,12,21H2,(H,23,26)(H,24,27). The molecule has 2 amide bonds. The fraction of sp³-hybridized carbons (Fsp3) is 0.750. The zero-order chi connectivity index (χ0) is 18.8. The van der Waals surface area contributed by atoms with E-state index in [0.29, 0.717) is 23.6 Å². The number of hydrogen-bond acceptors (Lipinski definition) is 4. The number of fused-ring (bicyclic) bond motifs is 2. The number of carbonyl (C=O) groups excluding carboxylic acids is 2. The molecular formula is C20H31N5O2. The minimum atomic E-state index is -0.0167. The van der Waals surface area contributed by atoms with E-state index in [2.05, 4.69) is 15.7 Å². The van der Waals surface area contributed by atoms with Crippen molar-refractivity contribution in [1.29, 1.82) is 0 Å². The molecule has 27 heavy (non-hydrogen) atoms. The lowest BCUT2D eigenvalue weighted by Gasteiger charge is -2.43. The largest absolute Gasteiger partial charge is 0.352 e. The molecule has 0 aromatic carbocycles. The van der Waals surface area contributed by atoms with Crippen LogP contribution in [0.3, 0.4) is 0 Å². The average molecular weight is 374 g/mol. The summed E-state index contributed by atoms with van der Waals surface area (Å²) in [6.45, 7) is 0.189. The highest BCUT2D eigenvalue weighted by Crippen LogP contribution is 2.42. The van der Waals surface area contributed by atoms with Gasteiger partial charge in [-0.2, -0.15) is 5.10 Å². The Morgan fingerprint density at radius 3 is 2.52 bits per heavy atom. The summed E-state index contributed by atoms with van der Waals surface area (Å²) in [6.07, 6.45) is 13.2. The number of anilines is 1. The molecule has 0 aliphatic heterocycles. The van der Waals surface area contributed by atoms with Crippen molar-refractivity contribution in [2.45, 2.75) is 76.4 Å². The number of nitrogens with two attached hydrogens (primary N) is 1. The molecule has 4 N–H and O–H groups in total. The van der Waals surface area contributed by atoms with Crippen molar-refractivity contribution >= 4 is 17.5 Å². The first kappa shape index (κ1) is 18.5. The van der Waals surface area contributed by atoms with E-state index in [4.69, 9.17) is 5.73 Å². The Kier molecular flexibility index (Phi) is 5.48. The molecular weight excluding hydrogens is 342 g/mol. The van der Waals surface area contributed by atoms with Crippen LogP contribution in [-0.4, -0.2) is 33.7 Å². The Morgan fingerprint density at radius 1 is 1.11 bits per heavy atom. The van der Waals surface area contributed by atoms with Gasteiger partial charge in [0.2, 0.25) is 11.8 Å². The van der Waals surface area contributed by atoms with Crippen molar-refractivity contribution in [3.05, 3.63) is 12.4 Å². The first-order chi connectivity index (χ1) is 13.1. The Hall–Kier alpha value is -1.89. The van der Waals surface area contributed by atoms with E-state index in [9.17, 15) is 9.59 Å². The van der Waals surface area contributed by atoms with Gasteiger partial charge in [-0.1, -0.05) is 19.3 Å². The van der Waals surface area contributed by atoms with Crippen molar-refractivity contribution in [2.75, 3.05) is 5.32 Å². The van der Waals surface area contributed by atoms with Crippen molar-refractivity contribution in [2.24, 2.45) is 23.5 Å². The lowest BCUT2D eigenvalue weighted by Crippen LogP contribution is -2.48. The van der Waals surface area contributed by atoms with E-state index < -0.39 is 0 Å². The van der Waals surface area contributed by atoms with Gasteiger partial charge in [0.15, 0.2) is 0 Å². The van der Waals surface area contributed by atoms with Gasteiger partial charge in [-0.25, -0.2) is 0 Å². The first-order valence-corrected chi connectivity index (χ1v) is 10.5. The van der Waals surface area contributed by atoms with E-state index in [1.807, 2.05) is 0 Å². The first-order valence-electron chi connectivity index (χ1n) is 10.5. The third kappa shape index (κ3) is 4.34. The van der Waals surface area contributed by atoms with Gasteiger partial charge in [0.05, 0.1) is 11.9 Å². The van der Waals surface area contributed by atoms with E-state index in [1.54, 1.807) is 17.1 Å². The number of amides is 2. The van der Waals surface area contributed by atoms with Crippen molar-refractivity contribution < 1.29 is 9.59 Å². The third-order valence-electron chi connectivity index (χ3n) is 6.71. The molecule has 3 fully saturated rings. The summed E-state index contributed by atoms with van der Waals surface area (Å²) in [7, 11) is 0. The second kappa shape index (κ2) is 8.00. The molecule has 1 heterocycles. The summed E-state index contributed by atoms with van der Waals surface area (Å²) in [5.41, 5.74) is 6.99. The summed E-state index contributed by atoms with van der Waals surface area (Å²) in [4.78, 5) is 24.8. The van der Waals surface area contributed by atoms with Crippen LogP contribution in [0.4, 0.5) is 5.69 Å². The van der Waals surface area contributed by atoms with Crippen LogP contribution in [-0.2, 0) is 16.1 Å². The molecule has 3 saturated carbocycles. The topological polar surface area (TPSA) is 102 Å². The fourth-order valence-corrected chi connectivity index (χ4v) is 5.25. The van der Waals surface area contributed by atoms with Crippen LogP contribution in [0.5, 0.6) is 0 Å². The summed E-state index contributed by atoms with van der Waals surface area (Å²) < 4.78 is 1.59. The minimum Gasteiger partial charge on any atom is -0.352 e. The summed E-state index contributed by atoms with van der Waals surface area (Å²) in [6, 6.07) is 0.577. The highest BCUT2D eigenvalue weighted by Gasteiger charge is 2.40. The number of nitrogens with one attached hydrogen (secondary N) is 2. The van der Waals surface area contributed by atoms with E-state index in [0.717, 1.165) is 38.5 Å². The van der Waals surface area contributed by atoms with E-state index >= 15 is 0 Å². The van der Waals surface area contributed by atoms with Gasteiger partial charge in [0, 0.05) is 24.2 Å². The predicted molar refractivity (Wildman–Crippen MR) is 103 cm³/mol. The van der Waals surface area contributed by atoms with Crippen LogP contribution >= 0.6 is 0 Å². The second-order valence-electron chi connectivity index (χ2n) is 8.66. The highest BCUT2D eigenvalue weighted by atomic mass is 16.2. The second-order valence-corrected chi connectivity index (χ2v) is 8.66. The number of rotatable bonds is 5. The molecule has 7 nitrogen and oxygen atoms in total. The Labute approximate surface area is 160 Å². The van der Waals surface area contributed by atoms with E-state index in [1.165, 1.54) is 19.3 Å². The lowest BCUT2D eigenvalue weighted by molar-refractivity contribution is -0.123. The zero-order valence-electron chi connectivity index (χ0n) is 15.9. The monoisotopic (exact) mass is 373 g/mol. The van der Waals surface area contributed by atoms with Crippen LogP contribution in [0.1, 0.15) is 57.8 Å². The van der Waals surface area contributed by atoms with Gasteiger partial charge >= 0.3 is 0 Å². The van der Waals surface area contributed by atoms with Crippen LogP contribution < -0.4 is 16.4 Å². The molecule has 1 aromatic heterocycles. The number of hydrogen-bond donors (Lipinski definition) is 3. The third-order valence-corrected chi connectivity index (χ3v) is 6.71. The van der Waals surface area contributed by atoms with Crippen LogP contribution in [0.15, 0.2) is 12.4 Å². The molecule has 0 saturated heterocycles. The van der Waals surface area contributed by atoms with Gasteiger partial charge in [0.25, 0.3) is 0 Å². The Balaban J connectivity index is 1.28. The van der Waals surface area contributed by atoms with Crippen molar-refractivity contribution in [3.63, 3.8) is 0 Å². The van der Waals surface area contributed by atoms with Crippen molar-refractivity contribution in [3.8, 4) is 0 Å².